The fraction of sp³-hybridized carbons (Fsp3) is 0. The smallest absolute Gasteiger partial charge is 0.339 e. The molecule has 3 N–H and O–H groups in total. The molecule has 6 nitrogen and oxygen atoms in total. The molecule has 3 aromatic rings. The molecular weight excluding hydrogens is 350 g/mol. The molecular formula is C15H10BrN3O3. The maximum Gasteiger partial charge on any atom is 0.339 e. The van der Waals surface area contributed by atoms with E-state index >= 15 is 0 Å². The van der Waals surface area contributed by atoms with Crippen LogP contribution in [0.2, 0.25) is 0 Å². The zero-order valence-electron chi connectivity index (χ0n) is 11.1. The van der Waals surface area contributed by atoms with Gasteiger partial charge in [-0.15, -0.1) is 0 Å². The monoisotopic (exact) mass is 359 g/mol. The fourth-order valence-corrected chi connectivity index (χ4v) is 2.42. The second-order valence-corrected chi connectivity index (χ2v) is 5.46. The maximum atomic E-state index is 10.9. The molecule has 0 aliphatic carbocycles. The molecule has 0 spiro atoms. The number of carboxylic acids is 1. The number of aromatic hydroxyl groups is 1. The van der Waals surface area contributed by atoms with Crippen molar-refractivity contribution in [2.45, 2.75) is 0 Å². The van der Waals surface area contributed by atoms with Crippen LogP contribution in [0, 0.1) is 0 Å². The molecule has 22 heavy (non-hydrogen) atoms. The van der Waals surface area contributed by atoms with Crippen LogP contribution >= 0.6 is 15.9 Å². The van der Waals surface area contributed by atoms with Gasteiger partial charge in [-0.3, -0.25) is 0 Å². The van der Waals surface area contributed by atoms with E-state index in [1.807, 2.05) is 18.2 Å². The Kier molecular flexibility index (Phi) is 3.64. The summed E-state index contributed by atoms with van der Waals surface area (Å²) in [4.78, 5) is 19.3. The first-order valence-corrected chi connectivity index (χ1v) is 7.07. The molecule has 7 heteroatoms. The van der Waals surface area contributed by atoms with Crippen molar-refractivity contribution in [3.63, 3.8) is 0 Å². The highest BCUT2D eigenvalue weighted by atomic mass is 79.9. The van der Waals surface area contributed by atoms with E-state index in [0.29, 0.717) is 11.5 Å². The largest absolute Gasteiger partial charge is 0.507 e. The zero-order chi connectivity index (χ0) is 15.7. The summed E-state index contributed by atoms with van der Waals surface area (Å²) in [6.07, 6.45) is 1.43. The number of aromatic carboxylic acids is 1. The van der Waals surface area contributed by atoms with E-state index in [4.69, 9.17) is 5.11 Å². The van der Waals surface area contributed by atoms with E-state index in [1.165, 1.54) is 18.5 Å². The molecule has 0 aliphatic rings. The molecule has 0 atom stereocenters. The minimum atomic E-state index is -1.18. The van der Waals surface area contributed by atoms with E-state index in [0.717, 1.165) is 15.4 Å². The van der Waals surface area contributed by atoms with Gasteiger partial charge in [0.05, 0.1) is 5.52 Å². The number of phenols is 1. The summed E-state index contributed by atoms with van der Waals surface area (Å²) < 4.78 is 0.891. The standard InChI is InChI=1S/C15H10BrN3O3/c16-8-1-4-12-11(5-8)14(18-7-17-12)19-9-2-3-10(15(21)22)13(20)6-9/h1-7,20H,(H,21,22)(H,17,18,19). The predicted molar refractivity (Wildman–Crippen MR) is 85.6 cm³/mol. The highest BCUT2D eigenvalue weighted by Crippen LogP contribution is 2.28. The third-order valence-corrected chi connectivity index (χ3v) is 3.58. The van der Waals surface area contributed by atoms with Crippen molar-refractivity contribution in [2.75, 3.05) is 5.32 Å². The number of aromatic nitrogens is 2. The van der Waals surface area contributed by atoms with Crippen LogP contribution in [-0.2, 0) is 0 Å². The van der Waals surface area contributed by atoms with Crippen LogP contribution in [0.15, 0.2) is 47.2 Å². The van der Waals surface area contributed by atoms with E-state index in [9.17, 15) is 9.90 Å². The Hall–Kier alpha value is -2.67. The number of fused-ring (bicyclic) bond motifs is 1. The van der Waals surface area contributed by atoms with Crippen molar-refractivity contribution in [1.82, 2.24) is 9.97 Å². The van der Waals surface area contributed by atoms with Crippen LogP contribution < -0.4 is 5.32 Å². The number of nitrogens with zero attached hydrogens (tertiary/aromatic N) is 2. The quantitative estimate of drug-likeness (QED) is 0.661. The number of anilines is 2. The van der Waals surface area contributed by atoms with Gasteiger partial charge in [0.2, 0.25) is 0 Å². The van der Waals surface area contributed by atoms with Crippen molar-refractivity contribution >= 4 is 44.3 Å². The molecule has 1 aromatic heterocycles. The molecule has 0 aliphatic heterocycles. The molecule has 0 bridgehead atoms. The lowest BCUT2D eigenvalue weighted by atomic mass is 10.1. The van der Waals surface area contributed by atoms with Gasteiger partial charge in [-0.25, -0.2) is 14.8 Å². The first-order valence-electron chi connectivity index (χ1n) is 6.28. The Morgan fingerprint density at radius 2 is 1.95 bits per heavy atom. The van der Waals surface area contributed by atoms with E-state index < -0.39 is 5.97 Å². The van der Waals surface area contributed by atoms with Gasteiger partial charge >= 0.3 is 5.97 Å². The topological polar surface area (TPSA) is 95.3 Å². The zero-order valence-corrected chi connectivity index (χ0v) is 12.7. The highest BCUT2D eigenvalue weighted by molar-refractivity contribution is 9.10. The van der Waals surface area contributed by atoms with Gasteiger partial charge < -0.3 is 15.5 Å². The third-order valence-electron chi connectivity index (χ3n) is 3.09. The number of rotatable bonds is 3. The Morgan fingerprint density at radius 3 is 2.68 bits per heavy atom. The van der Waals surface area contributed by atoms with Gasteiger partial charge in [0.25, 0.3) is 0 Å². The van der Waals surface area contributed by atoms with Gasteiger partial charge in [0, 0.05) is 21.6 Å². The summed E-state index contributed by atoms with van der Waals surface area (Å²) in [7, 11) is 0. The first-order chi connectivity index (χ1) is 10.5. The average Bonchev–Trinajstić information content (AvgIpc) is 2.47. The normalized spacial score (nSPS) is 10.6. The average molecular weight is 360 g/mol. The molecule has 0 saturated carbocycles. The lowest BCUT2D eigenvalue weighted by Gasteiger charge is -2.09. The summed E-state index contributed by atoms with van der Waals surface area (Å²) in [5.74, 6) is -0.925. The maximum absolute atomic E-state index is 10.9. The molecule has 0 radical (unpaired) electrons. The van der Waals surface area contributed by atoms with Crippen molar-refractivity contribution in [1.29, 1.82) is 0 Å². The summed E-state index contributed by atoms with van der Waals surface area (Å²) in [5.41, 5.74) is 1.15. The molecule has 110 valence electrons. The predicted octanol–water partition coefficient (Wildman–Crippen LogP) is 3.54. The molecule has 2 aromatic carbocycles. The van der Waals surface area contributed by atoms with Crippen LogP contribution in [0.5, 0.6) is 5.75 Å². The van der Waals surface area contributed by atoms with Gasteiger partial charge in [-0.1, -0.05) is 15.9 Å². The molecule has 0 amide bonds. The number of halogens is 1. The van der Waals surface area contributed by atoms with E-state index in [1.54, 1.807) is 6.07 Å². The number of hydrogen-bond acceptors (Lipinski definition) is 5. The summed E-state index contributed by atoms with van der Waals surface area (Å²) in [5, 5.41) is 22.5. The second kappa shape index (κ2) is 5.61. The Balaban J connectivity index is 2.01. The number of carboxylic acid groups (broad SMARTS) is 1. The number of nitrogens with one attached hydrogen (secondary N) is 1. The van der Waals surface area contributed by atoms with Crippen LogP contribution in [-0.4, -0.2) is 26.2 Å². The molecule has 0 unspecified atom stereocenters. The lowest BCUT2D eigenvalue weighted by molar-refractivity contribution is 0.0694. The van der Waals surface area contributed by atoms with Crippen molar-refractivity contribution < 1.29 is 15.0 Å². The molecule has 0 fully saturated rings. The third kappa shape index (κ3) is 2.71. The fourth-order valence-electron chi connectivity index (χ4n) is 2.06. The van der Waals surface area contributed by atoms with Crippen LogP contribution in [0.3, 0.4) is 0 Å². The Morgan fingerprint density at radius 1 is 1.14 bits per heavy atom. The van der Waals surface area contributed by atoms with Crippen molar-refractivity contribution in [2.24, 2.45) is 0 Å². The second-order valence-electron chi connectivity index (χ2n) is 4.55. The van der Waals surface area contributed by atoms with Crippen molar-refractivity contribution in [3.05, 3.63) is 52.8 Å². The van der Waals surface area contributed by atoms with E-state index in [-0.39, 0.29) is 11.3 Å². The van der Waals surface area contributed by atoms with Gasteiger partial charge in [0.15, 0.2) is 0 Å². The Labute approximate surface area is 133 Å². The SMILES string of the molecule is O=C(O)c1ccc(Nc2ncnc3ccc(Br)cc23)cc1O. The van der Waals surface area contributed by atoms with Gasteiger partial charge in [0.1, 0.15) is 23.5 Å². The molecule has 1 heterocycles. The minimum Gasteiger partial charge on any atom is -0.507 e. The van der Waals surface area contributed by atoms with Gasteiger partial charge in [-0.05, 0) is 30.3 Å². The highest BCUT2D eigenvalue weighted by Gasteiger charge is 2.11. The number of carbonyl (C=O) groups is 1. The number of hydrogen-bond donors (Lipinski definition) is 3. The molecule has 0 saturated heterocycles. The van der Waals surface area contributed by atoms with Crippen LogP contribution in [0.1, 0.15) is 10.4 Å². The molecule has 3 rings (SSSR count). The van der Waals surface area contributed by atoms with E-state index in [2.05, 4.69) is 31.2 Å². The lowest BCUT2D eigenvalue weighted by Crippen LogP contribution is -1.99. The Bertz CT molecular complexity index is 883. The first kappa shape index (κ1) is 14.3. The summed E-state index contributed by atoms with van der Waals surface area (Å²) in [6, 6.07) is 9.86. The van der Waals surface area contributed by atoms with Crippen LogP contribution in [0.25, 0.3) is 10.9 Å². The summed E-state index contributed by atoms with van der Waals surface area (Å²) in [6.45, 7) is 0. The van der Waals surface area contributed by atoms with Crippen LogP contribution in [0.4, 0.5) is 11.5 Å². The van der Waals surface area contributed by atoms with Gasteiger partial charge in [-0.2, -0.15) is 0 Å². The summed E-state index contributed by atoms with van der Waals surface area (Å²) >= 11 is 3.40. The minimum absolute atomic E-state index is 0.152. The van der Waals surface area contributed by atoms with Crippen molar-refractivity contribution in [3.8, 4) is 5.75 Å². The number of benzene rings is 2.